The predicted octanol–water partition coefficient (Wildman–Crippen LogP) is 1.53. The van der Waals surface area contributed by atoms with Crippen molar-refractivity contribution in [2.45, 2.75) is 36.6 Å². The highest BCUT2D eigenvalue weighted by atomic mass is 32.2. The van der Waals surface area contributed by atoms with Crippen LogP contribution in [0.15, 0.2) is 23.1 Å². The van der Waals surface area contributed by atoms with Gasteiger partial charge in [0.1, 0.15) is 5.82 Å². The molecule has 9 heteroatoms. The summed E-state index contributed by atoms with van der Waals surface area (Å²) in [6.45, 7) is 0. The summed E-state index contributed by atoms with van der Waals surface area (Å²) in [4.78, 5) is 22.0. The third-order valence-corrected chi connectivity index (χ3v) is 5.50. The first-order chi connectivity index (χ1) is 11.2. The number of rotatable bonds is 5. The topological polar surface area (TPSA) is 110 Å². The van der Waals surface area contributed by atoms with Gasteiger partial charge in [0.05, 0.1) is 23.5 Å². The number of hydrogen-bond acceptors (Lipinski definition) is 5. The number of carboxylic acids is 1. The van der Waals surface area contributed by atoms with E-state index in [0.717, 1.165) is 25.3 Å². The van der Waals surface area contributed by atoms with E-state index in [9.17, 15) is 22.4 Å². The Morgan fingerprint density at radius 3 is 2.38 bits per heavy atom. The molecule has 0 unspecified atom stereocenters. The molecule has 0 aliphatic heterocycles. The van der Waals surface area contributed by atoms with Crippen molar-refractivity contribution in [1.29, 1.82) is 0 Å². The van der Waals surface area contributed by atoms with Crippen LogP contribution in [0.3, 0.4) is 0 Å². The second kappa shape index (κ2) is 7.27. The summed E-state index contributed by atoms with van der Waals surface area (Å²) in [7, 11) is -2.92. The number of methoxy groups -OCH3 is 1. The third kappa shape index (κ3) is 4.30. The monoisotopic (exact) mass is 359 g/mol. The van der Waals surface area contributed by atoms with Crippen LogP contribution in [-0.4, -0.2) is 38.6 Å². The molecule has 0 saturated heterocycles. The number of hydrogen-bond donors (Lipinski definition) is 2. The SMILES string of the molecule is COC(=O)c1cc(F)cc(S(=O)(=O)NC2CCC(C(=O)O)CC2)c1. The zero-order chi connectivity index (χ0) is 17.9. The van der Waals surface area contributed by atoms with Crippen molar-refractivity contribution in [3.63, 3.8) is 0 Å². The van der Waals surface area contributed by atoms with Gasteiger partial charge in [-0.25, -0.2) is 22.3 Å². The molecule has 7 nitrogen and oxygen atoms in total. The van der Waals surface area contributed by atoms with Gasteiger partial charge in [-0.3, -0.25) is 4.79 Å². The molecule has 1 saturated carbocycles. The largest absolute Gasteiger partial charge is 0.481 e. The highest BCUT2D eigenvalue weighted by Gasteiger charge is 2.29. The van der Waals surface area contributed by atoms with E-state index >= 15 is 0 Å². The van der Waals surface area contributed by atoms with Crippen LogP contribution in [0.5, 0.6) is 0 Å². The molecule has 0 spiro atoms. The molecule has 1 aliphatic rings. The molecule has 2 rings (SSSR count). The van der Waals surface area contributed by atoms with E-state index in [1.807, 2.05) is 0 Å². The lowest BCUT2D eigenvalue weighted by Gasteiger charge is -2.26. The van der Waals surface area contributed by atoms with Gasteiger partial charge in [-0.1, -0.05) is 0 Å². The lowest BCUT2D eigenvalue weighted by molar-refractivity contribution is -0.142. The Hall–Kier alpha value is -2.00. The number of aliphatic carboxylic acids is 1. The maximum atomic E-state index is 13.6. The quantitative estimate of drug-likeness (QED) is 0.772. The lowest BCUT2D eigenvalue weighted by atomic mass is 9.87. The van der Waals surface area contributed by atoms with Crippen LogP contribution in [0.1, 0.15) is 36.0 Å². The van der Waals surface area contributed by atoms with Crippen LogP contribution in [0, 0.1) is 11.7 Å². The average Bonchev–Trinajstić information content (AvgIpc) is 2.53. The number of sulfonamides is 1. The molecule has 2 N–H and O–H groups in total. The molecule has 1 aromatic carbocycles. The van der Waals surface area contributed by atoms with E-state index in [0.29, 0.717) is 25.7 Å². The number of benzene rings is 1. The van der Waals surface area contributed by atoms with Crippen LogP contribution in [0.4, 0.5) is 4.39 Å². The van der Waals surface area contributed by atoms with E-state index in [1.54, 1.807) is 0 Å². The lowest BCUT2D eigenvalue weighted by Crippen LogP contribution is -2.38. The van der Waals surface area contributed by atoms with Gasteiger partial charge in [-0.05, 0) is 43.9 Å². The normalized spacial score (nSPS) is 21.2. The van der Waals surface area contributed by atoms with Crippen molar-refractivity contribution in [2.24, 2.45) is 5.92 Å². The molecule has 0 amide bonds. The van der Waals surface area contributed by atoms with Gasteiger partial charge >= 0.3 is 11.9 Å². The second-order valence-corrected chi connectivity index (χ2v) is 7.39. The van der Waals surface area contributed by atoms with Gasteiger partial charge in [0.15, 0.2) is 0 Å². The molecule has 0 radical (unpaired) electrons. The van der Waals surface area contributed by atoms with Crippen LogP contribution in [0.2, 0.25) is 0 Å². The molecule has 0 atom stereocenters. The number of carbonyl (C=O) groups is 2. The number of carbonyl (C=O) groups excluding carboxylic acids is 1. The van der Waals surface area contributed by atoms with E-state index in [-0.39, 0.29) is 10.5 Å². The number of ether oxygens (including phenoxy) is 1. The van der Waals surface area contributed by atoms with Crippen LogP contribution >= 0.6 is 0 Å². The van der Waals surface area contributed by atoms with Gasteiger partial charge in [0.2, 0.25) is 10.0 Å². The number of esters is 1. The molecule has 1 aromatic rings. The summed E-state index contributed by atoms with van der Waals surface area (Å²) in [6, 6.07) is 2.33. The third-order valence-electron chi connectivity index (χ3n) is 4.00. The maximum Gasteiger partial charge on any atom is 0.337 e. The van der Waals surface area contributed by atoms with Crippen molar-refractivity contribution >= 4 is 22.0 Å². The average molecular weight is 359 g/mol. The Kier molecular flexibility index (Phi) is 5.55. The summed E-state index contributed by atoms with van der Waals surface area (Å²) >= 11 is 0. The van der Waals surface area contributed by atoms with Crippen LogP contribution in [0.25, 0.3) is 0 Å². The van der Waals surface area contributed by atoms with E-state index in [1.165, 1.54) is 0 Å². The highest BCUT2D eigenvalue weighted by molar-refractivity contribution is 7.89. The number of nitrogens with one attached hydrogen (secondary N) is 1. The Balaban J connectivity index is 2.15. The Morgan fingerprint density at radius 2 is 1.83 bits per heavy atom. The minimum atomic E-state index is -4.03. The number of carboxylic acid groups (broad SMARTS) is 1. The van der Waals surface area contributed by atoms with Crippen molar-refractivity contribution in [3.05, 3.63) is 29.6 Å². The minimum Gasteiger partial charge on any atom is -0.481 e. The molecule has 1 aliphatic carbocycles. The van der Waals surface area contributed by atoms with Gasteiger partial charge in [-0.2, -0.15) is 0 Å². The summed E-state index contributed by atoms with van der Waals surface area (Å²) in [5.41, 5.74) is -0.201. The molecule has 1 fully saturated rings. The van der Waals surface area contributed by atoms with Gasteiger partial charge in [-0.15, -0.1) is 0 Å². The van der Waals surface area contributed by atoms with Crippen LogP contribution < -0.4 is 4.72 Å². The standard InChI is InChI=1S/C15H18FNO6S/c1-23-15(20)10-6-11(16)8-13(7-10)24(21,22)17-12-4-2-9(3-5-12)14(18)19/h6-9,12,17H,2-5H2,1H3,(H,18,19). The first-order valence-corrected chi connectivity index (χ1v) is 8.85. The summed E-state index contributed by atoms with van der Waals surface area (Å²) < 4.78 is 45.3. The van der Waals surface area contributed by atoms with Crippen molar-refractivity contribution in [1.82, 2.24) is 4.72 Å². The Labute approximate surface area is 138 Å². The fraction of sp³-hybridized carbons (Fsp3) is 0.467. The Morgan fingerprint density at radius 1 is 1.21 bits per heavy atom. The van der Waals surface area contributed by atoms with E-state index in [2.05, 4.69) is 9.46 Å². The predicted molar refractivity (Wildman–Crippen MR) is 81.4 cm³/mol. The van der Waals surface area contributed by atoms with Crippen LogP contribution in [-0.2, 0) is 19.6 Å². The molecule has 132 valence electrons. The molecule has 0 bridgehead atoms. The van der Waals surface area contributed by atoms with Crippen molar-refractivity contribution in [3.8, 4) is 0 Å². The fourth-order valence-corrected chi connectivity index (χ4v) is 4.06. The molecule has 24 heavy (non-hydrogen) atoms. The smallest absolute Gasteiger partial charge is 0.337 e. The van der Waals surface area contributed by atoms with Crippen molar-refractivity contribution < 1.29 is 32.2 Å². The molecular formula is C15H18FNO6S. The highest BCUT2D eigenvalue weighted by Crippen LogP contribution is 2.26. The van der Waals surface area contributed by atoms with E-state index in [4.69, 9.17) is 5.11 Å². The zero-order valence-corrected chi connectivity index (χ0v) is 13.8. The van der Waals surface area contributed by atoms with E-state index < -0.39 is 39.7 Å². The minimum absolute atomic E-state index is 0.201. The summed E-state index contributed by atoms with van der Waals surface area (Å²) in [5, 5.41) is 8.95. The summed E-state index contributed by atoms with van der Waals surface area (Å²) in [6.07, 6.45) is 1.52. The molecular weight excluding hydrogens is 341 g/mol. The first kappa shape index (κ1) is 18.3. The fourth-order valence-electron chi connectivity index (χ4n) is 2.70. The first-order valence-electron chi connectivity index (χ1n) is 7.37. The van der Waals surface area contributed by atoms with Gasteiger partial charge in [0, 0.05) is 6.04 Å². The van der Waals surface area contributed by atoms with Gasteiger partial charge in [0.25, 0.3) is 0 Å². The second-order valence-electron chi connectivity index (χ2n) is 5.68. The maximum absolute atomic E-state index is 13.6. The van der Waals surface area contributed by atoms with Gasteiger partial charge < -0.3 is 9.84 Å². The summed E-state index contributed by atoms with van der Waals surface area (Å²) in [5.74, 6) is -3.06. The molecule has 0 heterocycles. The number of halogens is 1. The zero-order valence-electron chi connectivity index (χ0n) is 13.0. The Bertz CT molecular complexity index is 740. The van der Waals surface area contributed by atoms with Crippen molar-refractivity contribution in [2.75, 3.05) is 7.11 Å². The molecule has 0 aromatic heterocycles.